The maximum Gasteiger partial charge on any atom is 0.434 e. The maximum atomic E-state index is 13.8. The van der Waals surface area contributed by atoms with Crippen molar-refractivity contribution in [2.75, 3.05) is 15.8 Å². The third kappa shape index (κ3) is 5.47. The average Bonchev–Trinajstić information content (AvgIpc) is 3.15. The Bertz CT molecular complexity index is 1200. The number of anilines is 2. The Labute approximate surface area is 183 Å². The zero-order chi connectivity index (χ0) is 23.5. The molecule has 2 aromatic carbocycles. The molecule has 0 aliphatic rings. The smallest absolute Gasteiger partial charge is 0.322 e. The van der Waals surface area contributed by atoms with E-state index in [4.69, 9.17) is 0 Å². The first-order chi connectivity index (χ1) is 15.0. The molecule has 3 aromatic rings. The highest BCUT2D eigenvalue weighted by atomic mass is 32.2. The summed E-state index contributed by atoms with van der Waals surface area (Å²) < 4.78 is 68.0. The van der Waals surface area contributed by atoms with Crippen molar-refractivity contribution in [2.45, 2.75) is 26.4 Å². The van der Waals surface area contributed by atoms with Crippen LogP contribution in [-0.2, 0) is 16.2 Å². The molecule has 0 bridgehead atoms. The second-order valence-corrected chi connectivity index (χ2v) is 8.95. The van der Waals surface area contributed by atoms with Crippen LogP contribution in [0.1, 0.15) is 35.0 Å². The van der Waals surface area contributed by atoms with E-state index in [-0.39, 0.29) is 22.8 Å². The van der Waals surface area contributed by atoms with E-state index in [0.29, 0.717) is 11.1 Å². The molecule has 0 aliphatic heterocycles. The van der Waals surface area contributed by atoms with Crippen LogP contribution in [0.2, 0.25) is 0 Å². The van der Waals surface area contributed by atoms with Gasteiger partial charge in [0.1, 0.15) is 0 Å². The fourth-order valence-electron chi connectivity index (χ4n) is 2.99. The molecule has 170 valence electrons. The summed E-state index contributed by atoms with van der Waals surface area (Å²) in [7, 11) is -3.49. The third-order valence-corrected chi connectivity index (χ3v) is 5.94. The molecular formula is C21H21F3N4O3S. The lowest BCUT2D eigenvalue weighted by Crippen LogP contribution is -2.20. The largest absolute Gasteiger partial charge is 0.434 e. The molecule has 7 nitrogen and oxygen atoms in total. The van der Waals surface area contributed by atoms with Gasteiger partial charge < -0.3 is 5.32 Å². The molecule has 1 aromatic heterocycles. The van der Waals surface area contributed by atoms with E-state index in [9.17, 15) is 26.4 Å². The highest BCUT2D eigenvalue weighted by molar-refractivity contribution is 7.92. The number of alkyl halides is 3. The van der Waals surface area contributed by atoms with Crippen molar-refractivity contribution in [1.29, 1.82) is 0 Å². The number of sulfonamides is 1. The van der Waals surface area contributed by atoms with E-state index in [2.05, 4.69) is 15.1 Å². The lowest BCUT2D eigenvalue weighted by Gasteiger charge is -2.13. The lowest BCUT2D eigenvalue weighted by molar-refractivity contribution is -0.143. The predicted molar refractivity (Wildman–Crippen MR) is 115 cm³/mol. The van der Waals surface area contributed by atoms with Crippen molar-refractivity contribution in [3.05, 3.63) is 71.5 Å². The quantitative estimate of drug-likeness (QED) is 0.532. The topological polar surface area (TPSA) is 93.1 Å². The molecule has 0 atom stereocenters. The zero-order valence-electron chi connectivity index (χ0n) is 17.3. The number of amides is 1. The van der Waals surface area contributed by atoms with Gasteiger partial charge >= 0.3 is 6.18 Å². The second kappa shape index (κ2) is 9.03. The molecule has 0 fully saturated rings. The predicted octanol–water partition coefficient (Wildman–Crippen LogP) is 4.60. The van der Waals surface area contributed by atoms with E-state index < -0.39 is 33.4 Å². The first-order valence-electron chi connectivity index (χ1n) is 9.64. The monoisotopic (exact) mass is 466 g/mol. The number of rotatable bonds is 7. The fraction of sp³-hybridized carbons (Fsp3) is 0.238. The first kappa shape index (κ1) is 23.3. The molecule has 0 saturated carbocycles. The molecule has 0 aliphatic carbocycles. The Morgan fingerprint density at radius 2 is 1.62 bits per heavy atom. The molecule has 32 heavy (non-hydrogen) atoms. The van der Waals surface area contributed by atoms with Gasteiger partial charge in [-0.05, 0) is 49.7 Å². The SMILES string of the molecule is CCCS(=O)(=O)Nc1ccc(NC(=O)c2cnn(-c3ccc(C)cc3)c2C(F)(F)F)cc1. The highest BCUT2D eigenvalue weighted by Gasteiger charge is 2.40. The van der Waals surface area contributed by atoms with Crippen molar-refractivity contribution < 1.29 is 26.4 Å². The van der Waals surface area contributed by atoms with E-state index in [1.54, 1.807) is 26.0 Å². The van der Waals surface area contributed by atoms with E-state index in [0.717, 1.165) is 11.8 Å². The summed E-state index contributed by atoms with van der Waals surface area (Å²) in [6.45, 7) is 3.53. The molecule has 0 spiro atoms. The van der Waals surface area contributed by atoms with Gasteiger partial charge in [0.15, 0.2) is 5.69 Å². The van der Waals surface area contributed by atoms with Gasteiger partial charge in [-0.1, -0.05) is 24.6 Å². The summed E-state index contributed by atoms with van der Waals surface area (Å²) in [6.07, 6.45) is -3.51. The summed E-state index contributed by atoms with van der Waals surface area (Å²) in [5, 5.41) is 6.17. The average molecular weight is 466 g/mol. The molecule has 0 radical (unpaired) electrons. The van der Waals surface area contributed by atoms with Gasteiger partial charge in [-0.2, -0.15) is 18.3 Å². The Morgan fingerprint density at radius 1 is 1.03 bits per heavy atom. The Balaban J connectivity index is 1.84. The van der Waals surface area contributed by atoms with Gasteiger partial charge in [-0.25, -0.2) is 13.1 Å². The Kier molecular flexibility index (Phi) is 6.58. The van der Waals surface area contributed by atoms with Gasteiger partial charge in [-0.15, -0.1) is 0 Å². The summed E-state index contributed by atoms with van der Waals surface area (Å²) in [4.78, 5) is 12.6. The van der Waals surface area contributed by atoms with E-state index in [1.165, 1.54) is 36.4 Å². The van der Waals surface area contributed by atoms with Crippen molar-refractivity contribution in [3.8, 4) is 5.69 Å². The van der Waals surface area contributed by atoms with Gasteiger partial charge in [0, 0.05) is 11.4 Å². The number of hydrogen-bond acceptors (Lipinski definition) is 4. The molecule has 2 N–H and O–H groups in total. The molecule has 3 rings (SSSR count). The minimum atomic E-state index is -4.82. The minimum Gasteiger partial charge on any atom is -0.322 e. The minimum absolute atomic E-state index is 0.0450. The number of aromatic nitrogens is 2. The van der Waals surface area contributed by atoms with Crippen LogP contribution < -0.4 is 10.0 Å². The summed E-state index contributed by atoms with van der Waals surface area (Å²) in [6, 6.07) is 11.8. The van der Waals surface area contributed by atoms with Gasteiger partial charge in [0.2, 0.25) is 10.0 Å². The normalized spacial score (nSPS) is 11.9. The van der Waals surface area contributed by atoms with Crippen LogP contribution in [0.15, 0.2) is 54.7 Å². The van der Waals surface area contributed by atoms with Crippen molar-refractivity contribution in [2.24, 2.45) is 0 Å². The third-order valence-electron chi connectivity index (χ3n) is 4.45. The van der Waals surface area contributed by atoms with Crippen LogP contribution in [0.5, 0.6) is 0 Å². The molecule has 1 heterocycles. The van der Waals surface area contributed by atoms with E-state index in [1.807, 2.05) is 0 Å². The standard InChI is InChI=1S/C21H21F3N4O3S/c1-3-12-32(30,31)27-16-8-6-15(7-9-16)26-20(29)18-13-25-28(19(18)21(22,23)24)17-10-4-14(2)5-11-17/h4-11,13,27H,3,12H2,1-2H3,(H,26,29). The van der Waals surface area contributed by atoms with Crippen LogP contribution in [0.25, 0.3) is 5.69 Å². The summed E-state index contributed by atoms with van der Waals surface area (Å²) in [5.41, 5.74) is -0.309. The Morgan fingerprint density at radius 3 is 2.19 bits per heavy atom. The number of benzene rings is 2. The van der Waals surface area contributed by atoms with Gasteiger partial charge in [0.05, 0.1) is 23.2 Å². The van der Waals surface area contributed by atoms with Crippen LogP contribution in [0.4, 0.5) is 24.5 Å². The van der Waals surface area contributed by atoms with Crippen LogP contribution in [0.3, 0.4) is 0 Å². The second-order valence-electron chi connectivity index (χ2n) is 7.10. The van der Waals surface area contributed by atoms with E-state index >= 15 is 0 Å². The Hall–Kier alpha value is -3.34. The number of nitrogens with one attached hydrogen (secondary N) is 2. The lowest BCUT2D eigenvalue weighted by atomic mass is 10.2. The van der Waals surface area contributed by atoms with Crippen LogP contribution in [0, 0.1) is 6.92 Å². The highest BCUT2D eigenvalue weighted by Crippen LogP contribution is 2.34. The number of carbonyl (C=O) groups is 1. The molecule has 0 unspecified atom stereocenters. The molecule has 0 saturated heterocycles. The number of nitrogens with zero attached hydrogens (tertiary/aromatic N) is 2. The molecule has 1 amide bonds. The number of halogens is 3. The number of carbonyl (C=O) groups excluding carboxylic acids is 1. The van der Waals surface area contributed by atoms with Crippen molar-refractivity contribution in [1.82, 2.24) is 9.78 Å². The van der Waals surface area contributed by atoms with Gasteiger partial charge in [-0.3, -0.25) is 9.52 Å². The molecule has 11 heteroatoms. The molecular weight excluding hydrogens is 445 g/mol. The van der Waals surface area contributed by atoms with Crippen LogP contribution in [-0.4, -0.2) is 29.9 Å². The van der Waals surface area contributed by atoms with Crippen molar-refractivity contribution >= 4 is 27.3 Å². The number of aryl methyl sites for hydroxylation is 1. The first-order valence-corrected chi connectivity index (χ1v) is 11.3. The fourth-order valence-corrected chi connectivity index (χ4v) is 4.12. The maximum absolute atomic E-state index is 13.8. The van der Waals surface area contributed by atoms with Crippen LogP contribution >= 0.6 is 0 Å². The summed E-state index contributed by atoms with van der Waals surface area (Å²) >= 11 is 0. The van der Waals surface area contributed by atoms with Crippen molar-refractivity contribution in [3.63, 3.8) is 0 Å². The zero-order valence-corrected chi connectivity index (χ0v) is 18.1. The van der Waals surface area contributed by atoms with Gasteiger partial charge in [0.25, 0.3) is 5.91 Å². The number of hydrogen-bond donors (Lipinski definition) is 2. The summed E-state index contributed by atoms with van der Waals surface area (Å²) in [5.74, 6) is -1.04.